The first-order chi connectivity index (χ1) is 66.5. The summed E-state index contributed by atoms with van der Waals surface area (Å²) >= 11 is 6.10. The molecule has 0 aromatic carbocycles. The Bertz CT molecular complexity index is 5080. The van der Waals surface area contributed by atoms with Crippen molar-refractivity contribution in [3.63, 3.8) is 0 Å². The molecule has 5 fully saturated rings. The lowest BCUT2D eigenvalue weighted by molar-refractivity contribution is 0.0381. The van der Waals surface area contributed by atoms with Crippen molar-refractivity contribution < 1.29 is 71.3 Å². The van der Waals surface area contributed by atoms with E-state index in [0.717, 1.165) is 188 Å². The van der Waals surface area contributed by atoms with Gasteiger partial charge in [-0.25, -0.2) is 48.9 Å². The van der Waals surface area contributed by atoms with Crippen LogP contribution < -0.4 is 27.0 Å². The Kier molecular flexibility index (Phi) is 45.1. The molecule has 10 aromatic rings. The number of H-pyrrole nitrogens is 5. The summed E-state index contributed by atoms with van der Waals surface area (Å²) < 4.78 is 50.8. The highest BCUT2D eigenvalue weighted by atomic mass is 35.5. The quantitative estimate of drug-likeness (QED) is 0.00976. The highest BCUT2D eigenvalue weighted by Crippen LogP contribution is 2.40. The number of halogens is 1. The van der Waals surface area contributed by atoms with Crippen LogP contribution in [0.5, 0.6) is 0 Å². The zero-order valence-corrected chi connectivity index (χ0v) is 79.5. The molecule has 0 bridgehead atoms. The minimum atomic E-state index is -0.498. The molecule has 5 saturated carbocycles. The number of anilines is 4. The number of carbonyl (C=O) groups excluding carboxylic acids is 5. The molecule has 10 heterocycles. The van der Waals surface area contributed by atoms with Crippen LogP contribution in [-0.4, -0.2) is 212 Å². The predicted octanol–water partition coefficient (Wildman–Crippen LogP) is 18.4. The minimum Gasteiger partial charge on any atom is -0.460 e. The first kappa shape index (κ1) is 106. The summed E-state index contributed by atoms with van der Waals surface area (Å²) in [6, 6.07) is 22.1. The topological polar surface area (TPSA) is 514 Å². The van der Waals surface area contributed by atoms with E-state index in [1.54, 1.807) is 65.5 Å². The maximum absolute atomic E-state index is 12.5. The van der Waals surface area contributed by atoms with E-state index < -0.39 is 29.8 Å². The van der Waals surface area contributed by atoms with Gasteiger partial charge in [0.05, 0.1) is 96.7 Å². The Morgan fingerprint density at radius 2 is 0.551 bits per heavy atom. The molecule has 4 unspecified atom stereocenters. The monoisotopic (exact) mass is 1890 g/mol. The highest BCUT2D eigenvalue weighted by Gasteiger charge is 2.32. The largest absolute Gasteiger partial charge is 0.460 e. The average Bonchev–Trinajstić information content (AvgIpc) is 1.59. The number of aromatic nitrogens is 10. The Morgan fingerprint density at radius 1 is 0.331 bits per heavy atom. The minimum absolute atomic E-state index is 0.191. The lowest BCUT2D eigenvalue weighted by Gasteiger charge is -2.30. The molecule has 15 rings (SSSR count). The third-order valence-electron chi connectivity index (χ3n) is 25.2. The zero-order chi connectivity index (χ0) is 96.6. The molecule has 36 heteroatoms. The molecule has 728 valence electrons. The molecular weight excluding hydrogens is 1760 g/mol. The number of aromatic amines is 5. The smallest absolute Gasteiger partial charge is 0.341 e. The van der Waals surface area contributed by atoms with Gasteiger partial charge in [0.2, 0.25) is 0 Å². The molecule has 0 saturated heterocycles. The first-order valence-corrected chi connectivity index (χ1v) is 47.8. The van der Waals surface area contributed by atoms with Gasteiger partial charge in [-0.3, -0.25) is 0 Å². The molecule has 10 atom stereocenters. The van der Waals surface area contributed by atoms with E-state index in [0.29, 0.717) is 133 Å². The van der Waals surface area contributed by atoms with Crippen molar-refractivity contribution in [1.29, 1.82) is 26.3 Å². The van der Waals surface area contributed by atoms with Gasteiger partial charge < -0.3 is 99.3 Å². The van der Waals surface area contributed by atoms with Crippen LogP contribution in [-0.2, 0) is 47.4 Å². The number of esters is 5. The fourth-order valence-electron chi connectivity index (χ4n) is 18.4. The van der Waals surface area contributed by atoms with E-state index >= 15 is 0 Å². The number of methoxy groups -OCH3 is 5. The number of nitrogens with one attached hydrogen (secondary N) is 9. The fourth-order valence-corrected chi connectivity index (χ4v) is 18.6. The van der Waals surface area contributed by atoms with Crippen LogP contribution in [0, 0.1) is 86.2 Å². The number of nitrogens with zero attached hydrogens (tertiary/aromatic N) is 10. The molecule has 0 radical (unpaired) electrons. The van der Waals surface area contributed by atoms with Crippen molar-refractivity contribution in [3.8, 4) is 30.3 Å². The van der Waals surface area contributed by atoms with Crippen molar-refractivity contribution in [3.05, 3.63) is 125 Å². The number of ether oxygens (including phenoxy) is 10. The molecule has 0 aliphatic heterocycles. The van der Waals surface area contributed by atoms with Gasteiger partial charge in [0.15, 0.2) is 0 Å². The van der Waals surface area contributed by atoms with E-state index in [1.165, 1.54) is 58.3 Å². The van der Waals surface area contributed by atoms with E-state index in [9.17, 15) is 24.0 Å². The van der Waals surface area contributed by atoms with Gasteiger partial charge in [-0.05, 0) is 156 Å². The number of fused-ring (bicyclic) bond motifs is 5. The lowest BCUT2D eigenvalue weighted by Crippen LogP contribution is -2.28. The van der Waals surface area contributed by atoms with Crippen LogP contribution in [0.2, 0.25) is 5.02 Å². The molecular formula is C100H131ClN20O15. The van der Waals surface area contributed by atoms with Crippen LogP contribution >= 0.6 is 11.6 Å². The van der Waals surface area contributed by atoms with Crippen LogP contribution in [0.1, 0.15) is 244 Å². The molecule has 0 spiro atoms. The van der Waals surface area contributed by atoms with Crippen molar-refractivity contribution in [2.45, 2.75) is 223 Å². The number of rotatable bonds is 38. The SMILES string of the molecule is COCCOC(=O)c1cnc2[nH]ccc2c1Cl.COCCOC(=O)c1cnc2[nH]ccc2c1NC1CCCC(CCC#N)C1.COCCOC(=O)c1cnc2[nH]ccc2c1N[C@@H]1CCC[C@@H](CCC#N)C1.COCCOC(=O)c1cnc2[nH]ccc2c1N[C@@H]1CCC[C@H](CCC#N)C1.COCCOC(=O)c1cnc2[nH]ccc2c1N[C@H]1CCC[C@@H](CCC#N)C1.N#CCCC1CCCC(N)C1. The summed E-state index contributed by atoms with van der Waals surface area (Å²) in [5.74, 6) is 0.843. The molecule has 10 aromatic heterocycles. The van der Waals surface area contributed by atoms with Gasteiger partial charge in [0.25, 0.3) is 0 Å². The Hall–Kier alpha value is -12.5. The van der Waals surface area contributed by atoms with Crippen LogP contribution in [0.15, 0.2) is 92.3 Å². The summed E-state index contributed by atoms with van der Waals surface area (Å²) in [5.41, 5.74) is 14.5. The van der Waals surface area contributed by atoms with Gasteiger partial charge >= 0.3 is 29.8 Å². The van der Waals surface area contributed by atoms with Crippen LogP contribution in [0.3, 0.4) is 0 Å². The summed E-state index contributed by atoms with van der Waals surface area (Å²) in [6.07, 6.45) is 46.9. The lowest BCUT2D eigenvalue weighted by atomic mass is 9.83. The molecule has 0 amide bonds. The third kappa shape index (κ3) is 32.4. The van der Waals surface area contributed by atoms with Crippen LogP contribution in [0.25, 0.3) is 55.2 Å². The van der Waals surface area contributed by atoms with Gasteiger partial charge in [0, 0.05) is 187 Å². The second-order valence-electron chi connectivity index (χ2n) is 34.8. The summed E-state index contributed by atoms with van der Waals surface area (Å²) in [5, 5.41) is 62.7. The number of carbonyl (C=O) groups is 5. The highest BCUT2D eigenvalue weighted by molar-refractivity contribution is 6.38. The van der Waals surface area contributed by atoms with Gasteiger partial charge in [-0.15, -0.1) is 0 Å². The number of pyridine rings is 5. The number of nitriles is 5. The molecule has 5 aliphatic rings. The van der Waals surface area contributed by atoms with E-state index in [1.807, 2.05) is 49.1 Å². The number of hydrogen-bond acceptors (Lipinski definition) is 30. The van der Waals surface area contributed by atoms with Gasteiger partial charge in [0.1, 0.15) is 83.5 Å². The maximum atomic E-state index is 12.5. The van der Waals surface area contributed by atoms with Crippen molar-refractivity contribution in [2.24, 2.45) is 35.3 Å². The normalized spacial score (nSPS) is 19.4. The summed E-state index contributed by atoms with van der Waals surface area (Å²) in [6.45, 7) is 2.81. The number of hydrogen-bond donors (Lipinski definition) is 10. The molecule has 11 N–H and O–H groups in total. The van der Waals surface area contributed by atoms with Gasteiger partial charge in [-0.2, -0.15) is 26.3 Å². The van der Waals surface area contributed by atoms with E-state index in [2.05, 4.69) is 101 Å². The van der Waals surface area contributed by atoms with E-state index in [4.69, 9.17) is 91.0 Å². The fraction of sp³-hybridized carbons (Fsp3) is 0.550. The predicted molar refractivity (Wildman–Crippen MR) is 518 cm³/mol. The maximum Gasteiger partial charge on any atom is 0.341 e. The molecule has 136 heavy (non-hydrogen) atoms. The second kappa shape index (κ2) is 58.0. The third-order valence-corrected chi connectivity index (χ3v) is 25.6. The Balaban J connectivity index is 0.000000172. The number of nitrogens with two attached hydrogens (primary N) is 1. The zero-order valence-electron chi connectivity index (χ0n) is 78.8. The van der Waals surface area contributed by atoms with Crippen molar-refractivity contribution >= 4 is 119 Å². The standard InChI is InChI=1S/4C20H26N4O3.C11H11ClN2O3.C9H16N2/c4*1-26-10-11-27-20(25)17-13-23-19-16(7-9-22-19)18(17)24-15-6-2-4-14(12-15)5-3-8-21;1-16-4-5-17-11(15)8-6-14-10-7(9(8)12)2-3-13-10;10-6-2-4-8-3-1-5-9(11)7-8/h4*7,9,13-15H,2-6,10-12H2,1H3,(H2,22,23,24);2-3,6H,4-5H2,1H3,(H,13,14);8-9H,1-5,7,11H2/t14-,15+;2*14-,15-;;;/m010.../s1. The average molecular weight is 1890 g/mol. The summed E-state index contributed by atoms with van der Waals surface area (Å²) in [7, 11) is 7.81. The second-order valence-corrected chi connectivity index (χ2v) is 35.2. The molecule has 5 aliphatic carbocycles. The van der Waals surface area contributed by atoms with E-state index in [-0.39, 0.29) is 62.8 Å². The summed E-state index contributed by atoms with van der Waals surface area (Å²) in [4.78, 5) is 98.6. The first-order valence-electron chi connectivity index (χ1n) is 47.4. The molecule has 35 nitrogen and oxygen atoms in total. The van der Waals surface area contributed by atoms with Gasteiger partial charge in [-0.1, -0.05) is 75.8 Å². The van der Waals surface area contributed by atoms with Crippen molar-refractivity contribution in [1.82, 2.24) is 49.8 Å². The Labute approximate surface area is 799 Å². The Morgan fingerprint density at radius 3 is 0.794 bits per heavy atom. The van der Waals surface area contributed by atoms with Crippen LogP contribution in [0.4, 0.5) is 22.7 Å². The van der Waals surface area contributed by atoms with Crippen molar-refractivity contribution in [2.75, 3.05) is 123 Å².